The van der Waals surface area contributed by atoms with Crippen molar-refractivity contribution in [3.05, 3.63) is 76.3 Å². The highest BCUT2D eigenvalue weighted by Crippen LogP contribution is 2.23. The number of carbonyl (C=O) groups excluding carboxylic acids is 1. The molecule has 1 amide bonds. The van der Waals surface area contributed by atoms with Gasteiger partial charge in [0.15, 0.2) is 0 Å². The molecule has 0 radical (unpaired) electrons. The Morgan fingerprint density at radius 3 is 2.53 bits per heavy atom. The zero-order valence-corrected chi connectivity index (χ0v) is 19.0. The third-order valence-electron chi connectivity index (χ3n) is 6.62. The Labute approximate surface area is 189 Å². The van der Waals surface area contributed by atoms with Crippen LogP contribution in [0.25, 0.3) is 10.9 Å². The van der Waals surface area contributed by atoms with E-state index in [1.165, 1.54) is 5.56 Å². The first-order valence-corrected chi connectivity index (χ1v) is 11.6. The number of piperidine rings is 1. The fourth-order valence-electron chi connectivity index (χ4n) is 4.65. The van der Waals surface area contributed by atoms with Crippen LogP contribution in [0.1, 0.15) is 38.1 Å². The molecule has 1 saturated heterocycles. The number of H-pyrrole nitrogens is 1. The number of hydrogen-bond acceptors (Lipinski definition) is 4. The number of benzene rings is 2. The van der Waals surface area contributed by atoms with Gasteiger partial charge < -0.3 is 9.88 Å². The van der Waals surface area contributed by atoms with E-state index in [1.54, 1.807) is 6.07 Å². The van der Waals surface area contributed by atoms with E-state index >= 15 is 0 Å². The van der Waals surface area contributed by atoms with Crippen molar-refractivity contribution in [3.8, 4) is 0 Å². The topological polar surface area (TPSA) is 69.3 Å². The average molecular weight is 433 g/mol. The van der Waals surface area contributed by atoms with E-state index < -0.39 is 0 Å². The molecule has 6 nitrogen and oxygen atoms in total. The maximum atomic E-state index is 13.2. The van der Waals surface area contributed by atoms with Crippen LogP contribution >= 0.6 is 0 Å². The quantitative estimate of drug-likeness (QED) is 0.619. The van der Waals surface area contributed by atoms with Gasteiger partial charge in [-0.2, -0.15) is 0 Å². The molecule has 1 unspecified atom stereocenters. The lowest BCUT2D eigenvalue weighted by Crippen LogP contribution is -2.49. The van der Waals surface area contributed by atoms with Gasteiger partial charge in [-0.1, -0.05) is 49.4 Å². The molecular weight excluding hydrogens is 400 g/mol. The second-order valence-electron chi connectivity index (χ2n) is 8.73. The smallest absolute Gasteiger partial charge is 0.258 e. The number of fused-ring (bicyclic) bond motifs is 1. The van der Waals surface area contributed by atoms with Crippen molar-refractivity contribution in [1.82, 2.24) is 19.8 Å². The van der Waals surface area contributed by atoms with Gasteiger partial charge in [-0.3, -0.25) is 14.5 Å². The van der Waals surface area contributed by atoms with Crippen LogP contribution in [0.5, 0.6) is 0 Å². The Hall–Kier alpha value is -2.99. The number of likely N-dealkylation sites (N-methyl/N-ethyl adjacent to an activating group) is 1. The van der Waals surface area contributed by atoms with E-state index in [4.69, 9.17) is 0 Å². The fraction of sp³-hybridized carbons (Fsp3) is 0.423. The molecule has 1 fully saturated rings. The van der Waals surface area contributed by atoms with Crippen molar-refractivity contribution in [1.29, 1.82) is 0 Å². The first-order valence-electron chi connectivity index (χ1n) is 11.6. The molecule has 2 aromatic carbocycles. The molecule has 4 rings (SSSR count). The molecule has 32 heavy (non-hydrogen) atoms. The molecule has 6 heteroatoms. The number of nitrogens with one attached hydrogen (secondary N) is 1. The van der Waals surface area contributed by atoms with Gasteiger partial charge in [0.2, 0.25) is 5.91 Å². The van der Waals surface area contributed by atoms with Crippen molar-refractivity contribution in [3.63, 3.8) is 0 Å². The van der Waals surface area contributed by atoms with E-state index in [9.17, 15) is 9.59 Å². The Bertz CT molecular complexity index is 1100. The highest BCUT2D eigenvalue weighted by Gasteiger charge is 2.29. The summed E-state index contributed by atoms with van der Waals surface area (Å²) < 4.78 is 0. The zero-order chi connectivity index (χ0) is 22.5. The Morgan fingerprint density at radius 1 is 1.12 bits per heavy atom. The first-order chi connectivity index (χ1) is 15.5. The average Bonchev–Trinajstić information content (AvgIpc) is 2.83. The van der Waals surface area contributed by atoms with Crippen molar-refractivity contribution in [2.45, 2.75) is 45.7 Å². The largest absolute Gasteiger partial charge is 0.341 e. The Morgan fingerprint density at radius 2 is 1.81 bits per heavy atom. The molecular formula is C26H32N4O2. The van der Waals surface area contributed by atoms with Gasteiger partial charge in [-0.25, -0.2) is 4.98 Å². The number of hydrogen-bond donors (Lipinski definition) is 1. The van der Waals surface area contributed by atoms with E-state index in [2.05, 4.69) is 45.2 Å². The minimum absolute atomic E-state index is 0.138. The van der Waals surface area contributed by atoms with Crippen molar-refractivity contribution in [2.75, 3.05) is 19.6 Å². The van der Waals surface area contributed by atoms with Crippen LogP contribution < -0.4 is 5.56 Å². The number of aromatic amines is 1. The van der Waals surface area contributed by atoms with E-state index in [-0.39, 0.29) is 17.5 Å². The minimum atomic E-state index is -0.262. The summed E-state index contributed by atoms with van der Waals surface area (Å²) >= 11 is 0. The highest BCUT2D eigenvalue weighted by atomic mass is 16.2. The predicted molar refractivity (Wildman–Crippen MR) is 127 cm³/mol. The summed E-state index contributed by atoms with van der Waals surface area (Å²) in [4.78, 5) is 37.2. The van der Waals surface area contributed by atoms with Crippen LogP contribution in [0.15, 0.2) is 59.4 Å². The van der Waals surface area contributed by atoms with Crippen molar-refractivity contribution in [2.24, 2.45) is 5.92 Å². The van der Waals surface area contributed by atoms with Gasteiger partial charge in [0.1, 0.15) is 5.82 Å². The maximum absolute atomic E-state index is 13.2. The first kappa shape index (κ1) is 22.2. The minimum Gasteiger partial charge on any atom is -0.341 e. The van der Waals surface area contributed by atoms with Gasteiger partial charge in [0.05, 0.1) is 23.5 Å². The number of nitrogens with zero attached hydrogens (tertiary/aromatic N) is 3. The summed E-state index contributed by atoms with van der Waals surface area (Å²) in [6.07, 6.45) is 3.17. The monoisotopic (exact) mass is 432 g/mol. The van der Waals surface area contributed by atoms with Crippen LogP contribution in [-0.4, -0.2) is 51.4 Å². The molecule has 0 aliphatic carbocycles. The van der Waals surface area contributed by atoms with Gasteiger partial charge in [0, 0.05) is 13.1 Å². The molecule has 1 aliphatic rings. The third kappa shape index (κ3) is 5.07. The summed E-state index contributed by atoms with van der Waals surface area (Å²) in [5, 5.41) is 0.585. The van der Waals surface area contributed by atoms with Gasteiger partial charge in [-0.15, -0.1) is 0 Å². The third-order valence-corrected chi connectivity index (χ3v) is 6.62. The number of carbonyl (C=O) groups is 1. The number of aromatic nitrogens is 2. The predicted octanol–water partition coefficient (Wildman–Crippen LogP) is 3.61. The molecule has 1 aromatic heterocycles. The maximum Gasteiger partial charge on any atom is 0.258 e. The van der Waals surface area contributed by atoms with Crippen LogP contribution in [-0.2, 0) is 17.8 Å². The second kappa shape index (κ2) is 10.1. The number of amides is 1. The van der Waals surface area contributed by atoms with E-state index in [0.717, 1.165) is 32.4 Å². The molecule has 1 atom stereocenters. The normalized spacial score (nSPS) is 15.9. The van der Waals surface area contributed by atoms with Gasteiger partial charge in [0.25, 0.3) is 5.56 Å². The molecule has 3 aromatic rings. The SMILES string of the molecule is CCN(Cc1nc2ccccc2c(=O)[nH]1)C(C)C(=O)N1CCC(Cc2ccccc2)CC1. The number of likely N-dealkylation sites (tertiary alicyclic amines) is 1. The Balaban J connectivity index is 1.37. The van der Waals surface area contributed by atoms with Gasteiger partial charge >= 0.3 is 0 Å². The van der Waals surface area contributed by atoms with E-state index in [0.29, 0.717) is 35.7 Å². The zero-order valence-electron chi connectivity index (χ0n) is 19.0. The summed E-state index contributed by atoms with van der Waals surface area (Å²) in [7, 11) is 0. The van der Waals surface area contributed by atoms with E-state index in [1.807, 2.05) is 36.9 Å². The Kier molecular flexibility index (Phi) is 7.00. The molecule has 168 valence electrons. The lowest BCUT2D eigenvalue weighted by atomic mass is 9.90. The molecule has 0 saturated carbocycles. The van der Waals surface area contributed by atoms with Crippen LogP contribution in [0.4, 0.5) is 0 Å². The van der Waals surface area contributed by atoms with Crippen LogP contribution in [0.2, 0.25) is 0 Å². The number of rotatable bonds is 7. The fourth-order valence-corrected chi connectivity index (χ4v) is 4.65. The van der Waals surface area contributed by atoms with Gasteiger partial charge in [-0.05, 0) is 56.3 Å². The van der Waals surface area contributed by atoms with Crippen molar-refractivity contribution >= 4 is 16.8 Å². The number of para-hydroxylation sites is 1. The lowest BCUT2D eigenvalue weighted by molar-refractivity contribution is -0.138. The molecule has 0 bridgehead atoms. The molecule has 1 aliphatic heterocycles. The lowest BCUT2D eigenvalue weighted by Gasteiger charge is -2.36. The van der Waals surface area contributed by atoms with Crippen LogP contribution in [0, 0.1) is 5.92 Å². The summed E-state index contributed by atoms with van der Waals surface area (Å²) in [6, 6.07) is 17.7. The standard InChI is InChI=1S/C26H32N4O2/c1-3-29(18-24-27-23-12-8-7-11-22(23)25(31)28-24)19(2)26(32)30-15-13-21(14-16-30)17-20-9-5-4-6-10-20/h4-12,19,21H,3,13-18H2,1-2H3,(H,27,28,31). The van der Waals surface area contributed by atoms with Crippen LogP contribution in [0.3, 0.4) is 0 Å². The molecule has 0 spiro atoms. The molecule has 2 heterocycles. The summed E-state index contributed by atoms with van der Waals surface area (Å²) in [5.41, 5.74) is 1.92. The summed E-state index contributed by atoms with van der Waals surface area (Å²) in [5.74, 6) is 1.39. The van der Waals surface area contributed by atoms with Crippen molar-refractivity contribution < 1.29 is 4.79 Å². The second-order valence-corrected chi connectivity index (χ2v) is 8.73. The molecule has 1 N–H and O–H groups in total. The summed E-state index contributed by atoms with van der Waals surface area (Å²) in [6.45, 7) is 6.75. The highest BCUT2D eigenvalue weighted by molar-refractivity contribution is 5.81.